The largest absolute Gasteiger partial charge is 0.481 e. The molecule has 0 bridgehead atoms. The van der Waals surface area contributed by atoms with Gasteiger partial charge in [0.15, 0.2) is 15.5 Å². The molecule has 3 unspecified atom stereocenters. The summed E-state index contributed by atoms with van der Waals surface area (Å²) in [5, 5.41) is 28.8. The Morgan fingerprint density at radius 2 is 1.60 bits per heavy atom. The summed E-state index contributed by atoms with van der Waals surface area (Å²) in [6.07, 6.45) is -12.5. The minimum atomic E-state index is -5.26. The third-order valence-corrected chi connectivity index (χ3v) is 15.5. The molecule has 418 valence electrons. The molecule has 0 saturated heterocycles. The van der Waals surface area contributed by atoms with Gasteiger partial charge in [0.2, 0.25) is 5.91 Å². The van der Waals surface area contributed by atoms with Gasteiger partial charge in [-0.2, -0.15) is 45.3 Å². The molecule has 5 atom stereocenters. The van der Waals surface area contributed by atoms with Gasteiger partial charge in [-0.25, -0.2) is 35.5 Å². The van der Waals surface area contributed by atoms with Gasteiger partial charge in [0.1, 0.15) is 46.9 Å². The van der Waals surface area contributed by atoms with Crippen LogP contribution in [0.3, 0.4) is 0 Å². The second-order valence-electron chi connectivity index (χ2n) is 18.5. The number of amides is 3. The normalized spacial score (nSPS) is 17.0. The van der Waals surface area contributed by atoms with Crippen molar-refractivity contribution in [2.75, 3.05) is 6.26 Å². The Balaban J connectivity index is 1.44. The van der Waals surface area contributed by atoms with Crippen LogP contribution >= 0.6 is 11.6 Å². The first-order valence-corrected chi connectivity index (χ1v) is 25.8. The van der Waals surface area contributed by atoms with Crippen molar-refractivity contribution < 1.29 is 95.3 Å². The molecule has 2 aromatic carbocycles. The Bertz CT molecular complexity index is 3500. The van der Waals surface area contributed by atoms with Crippen molar-refractivity contribution in [3.05, 3.63) is 98.7 Å². The van der Waals surface area contributed by atoms with Crippen LogP contribution in [0.15, 0.2) is 42.5 Å². The molecular weight excluding hydrogens is 1130 g/mol. The zero-order chi connectivity index (χ0) is 57.9. The molecule has 2 aliphatic carbocycles. The summed E-state index contributed by atoms with van der Waals surface area (Å²) in [5.74, 6) is -12.6. The lowest BCUT2D eigenvalue weighted by Gasteiger charge is -2.24. The summed E-state index contributed by atoms with van der Waals surface area (Å²) in [5.41, 5.74) is -6.92. The molecule has 3 amide bonds. The van der Waals surface area contributed by atoms with Crippen LogP contribution in [0, 0.1) is 29.4 Å². The second-order valence-corrected chi connectivity index (χ2v) is 22.4. The van der Waals surface area contributed by atoms with Crippen molar-refractivity contribution in [3.8, 4) is 23.0 Å². The van der Waals surface area contributed by atoms with Crippen LogP contribution < -0.4 is 10.6 Å². The van der Waals surface area contributed by atoms with E-state index in [0.717, 1.165) is 42.7 Å². The minimum Gasteiger partial charge on any atom is -0.481 e. The molecule has 5 N–H and O–H groups in total. The number of aromatic nitrogens is 5. The maximum atomic E-state index is 15.6. The number of nitrogens with one attached hydrogen (secondary N) is 2. The van der Waals surface area contributed by atoms with Crippen LogP contribution in [0.5, 0.6) is 0 Å². The van der Waals surface area contributed by atoms with E-state index >= 15 is 8.78 Å². The molecule has 0 radical (unpaired) electrons. The number of hydrogen-bond donors (Lipinski definition) is 5. The summed E-state index contributed by atoms with van der Waals surface area (Å²) in [6.45, 7) is -2.24. The van der Waals surface area contributed by atoms with Gasteiger partial charge in [-0.05, 0) is 80.8 Å². The Kier molecular flexibility index (Phi) is 15.9. The monoisotopic (exact) mass is 1170 g/mol. The fourth-order valence-corrected chi connectivity index (χ4v) is 9.74. The molecule has 0 aliphatic heterocycles. The molecular formula is C46H39ClF10N8O11S2. The van der Waals surface area contributed by atoms with Crippen molar-refractivity contribution >= 4 is 73.3 Å². The summed E-state index contributed by atoms with van der Waals surface area (Å²) in [6, 6.07) is 2.30. The number of hydrogen-bond acceptors (Lipinski definition) is 11. The summed E-state index contributed by atoms with van der Waals surface area (Å²) in [4.78, 5) is 67.3. The fourth-order valence-electron chi connectivity index (χ4n) is 8.73. The van der Waals surface area contributed by atoms with E-state index in [-0.39, 0.29) is 36.9 Å². The van der Waals surface area contributed by atoms with Gasteiger partial charge in [0.05, 0.1) is 34.5 Å². The van der Waals surface area contributed by atoms with E-state index in [1.54, 1.807) is 5.32 Å². The van der Waals surface area contributed by atoms with Gasteiger partial charge < -0.3 is 20.8 Å². The lowest BCUT2D eigenvalue weighted by molar-refractivity contribution is -0.151. The number of fused-ring (bicyclic) bond motifs is 4. The number of aliphatic carboxylic acids is 2. The number of sulfone groups is 1. The average molecular weight is 1170 g/mol. The molecule has 1 fully saturated rings. The van der Waals surface area contributed by atoms with Gasteiger partial charge in [-0.15, -0.1) is 0 Å². The lowest BCUT2D eigenvalue weighted by Crippen LogP contribution is -2.50. The van der Waals surface area contributed by atoms with Crippen LogP contribution in [0.25, 0.3) is 22.0 Å². The molecule has 32 heteroatoms. The van der Waals surface area contributed by atoms with Crippen molar-refractivity contribution in [2.45, 2.75) is 100 Å². The first kappa shape index (κ1) is 58.5. The predicted octanol–water partition coefficient (Wildman–Crippen LogP) is 6.19. The van der Waals surface area contributed by atoms with Crippen molar-refractivity contribution in [1.29, 1.82) is 0 Å². The van der Waals surface area contributed by atoms with Gasteiger partial charge in [-0.1, -0.05) is 23.6 Å². The maximum Gasteiger partial charge on any atom is 0.435 e. The maximum absolute atomic E-state index is 15.6. The SMILES string of the molecule is CC(C)(C#Cc1ccc(-c2ccc(Cl)c3c(CN(C(=O)C(CCC(=O)O)NC(=O)C(=O)O)S(=O)O)nn(CC(F)(F)F)c23)c(C(Cc2cc(F)cc(F)c2)NC(=O)Cn2nc(C(F)(F)F)c3c2C(F)(F)[C@@H]2C[C@H]32)n1)S(C)(=O)=O. The number of benzene rings is 2. The van der Waals surface area contributed by atoms with Crippen molar-refractivity contribution in [1.82, 2.24) is 39.5 Å². The van der Waals surface area contributed by atoms with Crippen LogP contribution in [0.4, 0.5) is 43.9 Å². The first-order chi connectivity index (χ1) is 36.0. The number of carboxylic acid groups (broad SMARTS) is 2. The number of carbonyl (C=O) groups excluding carboxylic acids is 3. The Morgan fingerprint density at radius 3 is 2.18 bits per heavy atom. The van der Waals surface area contributed by atoms with Gasteiger partial charge >= 0.3 is 30.2 Å². The Hall–Kier alpha value is -7.17. The van der Waals surface area contributed by atoms with Gasteiger partial charge in [-0.3, -0.25) is 33.1 Å². The number of carbonyl (C=O) groups is 5. The highest BCUT2D eigenvalue weighted by Gasteiger charge is 2.68. The fraction of sp³-hybridized carbons (Fsp3) is 0.391. The van der Waals surface area contributed by atoms with E-state index in [1.165, 1.54) is 13.8 Å². The third-order valence-electron chi connectivity index (χ3n) is 12.6. The van der Waals surface area contributed by atoms with Gasteiger partial charge in [0, 0.05) is 46.7 Å². The van der Waals surface area contributed by atoms with Crippen LogP contribution in [-0.2, 0) is 83.2 Å². The molecule has 19 nitrogen and oxygen atoms in total. The highest BCUT2D eigenvalue weighted by molar-refractivity contribution is 7.92. The highest BCUT2D eigenvalue weighted by atomic mass is 35.5. The minimum absolute atomic E-state index is 0.0228. The number of pyridine rings is 1. The standard InChI is InChI=1S/C46H39ClF10N8O11S2/c1-43(2,78(3,75)76)11-10-23-4-5-24(25-6-7-28(47)35-31(61-64(37(25)35)19-44(50,51)52)17-65(77(73)74)41(70)29(8-9-33(67)68)60-40(69)42(71)72)36(58-23)30(14-20-12-21(48)15-22(49)13-20)59-32(66)18-63-39-34(38(62-63)46(55,56)57)26-16-27(26)45(39,53)54/h4-7,12-13,15,26-27,29-30H,8-9,14,16-19H2,1-3H3,(H,59,66)(H,60,69)(H,67,68)(H,71,72)(H,73,74)/t26-,27+,29?,30?/m0/s1. The Morgan fingerprint density at radius 1 is 0.962 bits per heavy atom. The molecule has 3 heterocycles. The first-order valence-electron chi connectivity index (χ1n) is 22.5. The smallest absolute Gasteiger partial charge is 0.435 e. The zero-order valence-electron chi connectivity index (χ0n) is 40.1. The quantitative estimate of drug-likeness (QED) is 0.0301. The number of alkyl halides is 8. The highest BCUT2D eigenvalue weighted by Crippen LogP contribution is 2.68. The Labute approximate surface area is 440 Å². The summed E-state index contributed by atoms with van der Waals surface area (Å²) in [7, 11) is -3.95. The number of halogens is 11. The number of nitrogens with zero attached hydrogens (tertiary/aromatic N) is 6. The van der Waals surface area contributed by atoms with E-state index in [4.69, 9.17) is 16.7 Å². The zero-order valence-corrected chi connectivity index (χ0v) is 42.5. The van der Waals surface area contributed by atoms with Crippen molar-refractivity contribution in [2.24, 2.45) is 5.92 Å². The van der Waals surface area contributed by atoms with Crippen LogP contribution in [-0.4, -0.2) is 109 Å². The topological polar surface area (TPSA) is 273 Å². The molecule has 2 aliphatic rings. The van der Waals surface area contributed by atoms with E-state index in [0.29, 0.717) is 6.07 Å². The predicted molar refractivity (Wildman–Crippen MR) is 251 cm³/mol. The lowest BCUT2D eigenvalue weighted by atomic mass is 9.93. The molecule has 0 spiro atoms. The molecule has 7 rings (SSSR count). The van der Waals surface area contributed by atoms with Crippen LogP contribution in [0.2, 0.25) is 5.02 Å². The van der Waals surface area contributed by atoms with Gasteiger partial charge in [0.25, 0.3) is 23.1 Å². The van der Waals surface area contributed by atoms with E-state index in [1.807, 2.05) is 0 Å². The molecule has 78 heavy (non-hydrogen) atoms. The molecule has 1 saturated carbocycles. The third kappa shape index (κ3) is 12.4. The molecule has 5 aromatic rings. The molecule has 3 aromatic heterocycles. The second kappa shape index (κ2) is 21.2. The van der Waals surface area contributed by atoms with Crippen LogP contribution in [0.1, 0.15) is 84.7 Å². The number of rotatable bonds is 17. The van der Waals surface area contributed by atoms with Crippen molar-refractivity contribution in [3.63, 3.8) is 0 Å². The summed E-state index contributed by atoms with van der Waals surface area (Å²) >= 11 is 3.12. The van der Waals surface area contributed by atoms with E-state index in [9.17, 15) is 81.4 Å². The summed E-state index contributed by atoms with van der Waals surface area (Å²) < 4.78 is 194. The van der Waals surface area contributed by atoms with E-state index < -0.39 is 198 Å². The number of carboxylic acids is 2. The van der Waals surface area contributed by atoms with E-state index in [2.05, 4.69) is 32.3 Å². The average Bonchev–Trinajstić information content (AvgIpc) is 3.92.